The molecule has 1 unspecified atom stereocenters. The van der Waals surface area contributed by atoms with E-state index in [0.29, 0.717) is 11.7 Å². The molecule has 0 saturated heterocycles. The predicted molar refractivity (Wildman–Crippen MR) is 74.7 cm³/mol. The van der Waals surface area contributed by atoms with Crippen LogP contribution < -0.4 is 5.73 Å². The van der Waals surface area contributed by atoms with Gasteiger partial charge in [0, 0.05) is 18.0 Å². The Morgan fingerprint density at radius 1 is 1.15 bits per heavy atom. The van der Waals surface area contributed by atoms with E-state index in [2.05, 4.69) is 15.1 Å². The first-order valence-electron chi connectivity index (χ1n) is 6.31. The lowest BCUT2D eigenvalue weighted by Gasteiger charge is -2.05. The van der Waals surface area contributed by atoms with Crippen molar-refractivity contribution >= 4 is 0 Å². The Bertz CT molecular complexity index is 709. The maximum absolute atomic E-state index is 6.14. The third-order valence-electron chi connectivity index (χ3n) is 3.13. The Morgan fingerprint density at radius 2 is 1.95 bits per heavy atom. The molecule has 0 amide bonds. The van der Waals surface area contributed by atoms with E-state index >= 15 is 0 Å². The summed E-state index contributed by atoms with van der Waals surface area (Å²) in [5, 5.41) is 4.00. The van der Waals surface area contributed by atoms with Gasteiger partial charge in [-0.1, -0.05) is 35.5 Å². The molecule has 0 fully saturated rings. The smallest absolute Gasteiger partial charge is 0.248 e. The maximum Gasteiger partial charge on any atom is 0.248 e. The Hall–Kier alpha value is -2.53. The zero-order valence-corrected chi connectivity index (χ0v) is 11.0. The molecule has 0 spiro atoms. The van der Waals surface area contributed by atoms with Gasteiger partial charge in [-0.15, -0.1) is 0 Å². The van der Waals surface area contributed by atoms with E-state index in [1.54, 1.807) is 12.4 Å². The number of hydrogen-bond acceptors (Lipinski definition) is 5. The lowest BCUT2D eigenvalue weighted by molar-refractivity contribution is 0.367. The van der Waals surface area contributed by atoms with Crippen LogP contribution >= 0.6 is 0 Å². The fourth-order valence-electron chi connectivity index (χ4n) is 2.00. The van der Waals surface area contributed by atoms with E-state index in [1.807, 2.05) is 43.3 Å². The third-order valence-corrected chi connectivity index (χ3v) is 3.13. The van der Waals surface area contributed by atoms with E-state index in [9.17, 15) is 0 Å². The van der Waals surface area contributed by atoms with E-state index in [4.69, 9.17) is 10.3 Å². The number of aryl methyl sites for hydroxylation is 1. The average Bonchev–Trinajstić information content (AvgIpc) is 2.97. The molecule has 100 valence electrons. The van der Waals surface area contributed by atoms with Crippen molar-refractivity contribution in [2.24, 2.45) is 5.73 Å². The normalized spacial score (nSPS) is 12.3. The molecule has 20 heavy (non-hydrogen) atoms. The molecule has 0 bridgehead atoms. The van der Waals surface area contributed by atoms with Gasteiger partial charge in [0.2, 0.25) is 11.7 Å². The standard InChI is InChI=1S/C15H14N4O/c1-10-9-17-8-7-12(10)14-18-15(20-19-14)13(16)11-5-3-2-4-6-11/h2-9,13H,16H2,1H3. The van der Waals surface area contributed by atoms with Gasteiger partial charge in [0.1, 0.15) is 6.04 Å². The molecule has 0 saturated carbocycles. The third kappa shape index (κ3) is 2.31. The summed E-state index contributed by atoms with van der Waals surface area (Å²) in [5.41, 5.74) is 8.97. The van der Waals surface area contributed by atoms with Gasteiger partial charge < -0.3 is 10.3 Å². The second-order valence-electron chi connectivity index (χ2n) is 4.54. The molecule has 0 aliphatic carbocycles. The molecule has 3 aromatic rings. The highest BCUT2D eigenvalue weighted by molar-refractivity contribution is 5.58. The van der Waals surface area contributed by atoms with Gasteiger partial charge in [0.05, 0.1) is 0 Å². The Morgan fingerprint density at radius 3 is 2.70 bits per heavy atom. The number of nitrogens with two attached hydrogens (primary N) is 1. The van der Waals surface area contributed by atoms with Crippen molar-refractivity contribution in [3.63, 3.8) is 0 Å². The summed E-state index contributed by atoms with van der Waals surface area (Å²) >= 11 is 0. The molecule has 0 radical (unpaired) electrons. The molecule has 2 N–H and O–H groups in total. The summed E-state index contributed by atoms with van der Waals surface area (Å²) in [5.74, 6) is 0.939. The fourth-order valence-corrected chi connectivity index (χ4v) is 2.00. The number of rotatable bonds is 3. The van der Waals surface area contributed by atoms with Crippen molar-refractivity contribution in [3.8, 4) is 11.4 Å². The molecule has 2 aromatic heterocycles. The Balaban J connectivity index is 1.93. The zero-order chi connectivity index (χ0) is 13.9. The van der Waals surface area contributed by atoms with Gasteiger partial charge in [-0.05, 0) is 24.1 Å². The minimum atomic E-state index is -0.417. The van der Waals surface area contributed by atoms with Crippen LogP contribution in [0.2, 0.25) is 0 Å². The molecule has 1 aromatic carbocycles. The van der Waals surface area contributed by atoms with Crippen molar-refractivity contribution < 1.29 is 4.52 Å². The van der Waals surface area contributed by atoms with Crippen LogP contribution in [0.1, 0.15) is 23.1 Å². The first-order valence-corrected chi connectivity index (χ1v) is 6.31. The second-order valence-corrected chi connectivity index (χ2v) is 4.54. The first-order chi connectivity index (χ1) is 9.75. The Kier molecular flexibility index (Phi) is 3.26. The summed E-state index contributed by atoms with van der Waals surface area (Å²) in [6, 6.07) is 11.1. The maximum atomic E-state index is 6.14. The molecule has 2 heterocycles. The van der Waals surface area contributed by atoms with Gasteiger partial charge in [0.25, 0.3) is 0 Å². The van der Waals surface area contributed by atoms with Crippen molar-refractivity contribution in [2.45, 2.75) is 13.0 Å². The van der Waals surface area contributed by atoms with Crippen LogP contribution in [0.4, 0.5) is 0 Å². The lowest BCUT2D eigenvalue weighted by atomic mass is 10.1. The fraction of sp³-hybridized carbons (Fsp3) is 0.133. The summed E-state index contributed by atoms with van der Waals surface area (Å²) < 4.78 is 5.28. The van der Waals surface area contributed by atoms with Crippen molar-refractivity contribution in [1.29, 1.82) is 0 Å². The molecule has 3 rings (SSSR count). The van der Waals surface area contributed by atoms with Gasteiger partial charge in [-0.25, -0.2) is 0 Å². The topological polar surface area (TPSA) is 77.8 Å². The highest BCUT2D eigenvalue weighted by atomic mass is 16.5. The number of aromatic nitrogens is 3. The molecule has 1 atom stereocenters. The van der Waals surface area contributed by atoms with E-state index in [1.165, 1.54) is 0 Å². The SMILES string of the molecule is Cc1cnccc1-c1noc(C(N)c2ccccc2)n1. The van der Waals surface area contributed by atoms with Crippen LogP contribution in [-0.4, -0.2) is 15.1 Å². The Labute approximate surface area is 116 Å². The van der Waals surface area contributed by atoms with Gasteiger partial charge in [-0.2, -0.15) is 4.98 Å². The average molecular weight is 266 g/mol. The van der Waals surface area contributed by atoms with Crippen LogP contribution in [0.5, 0.6) is 0 Å². The summed E-state index contributed by atoms with van der Waals surface area (Å²) in [4.78, 5) is 8.44. The van der Waals surface area contributed by atoms with Crippen molar-refractivity contribution in [3.05, 3.63) is 65.8 Å². The minimum Gasteiger partial charge on any atom is -0.337 e. The first kappa shape index (κ1) is 12.5. The summed E-state index contributed by atoms with van der Waals surface area (Å²) in [7, 11) is 0. The molecular formula is C15H14N4O. The molecule has 0 aliphatic heterocycles. The van der Waals surface area contributed by atoms with Crippen LogP contribution in [0, 0.1) is 6.92 Å². The number of pyridine rings is 1. The molecular weight excluding hydrogens is 252 g/mol. The highest BCUT2D eigenvalue weighted by Gasteiger charge is 2.17. The number of nitrogens with zero attached hydrogens (tertiary/aromatic N) is 3. The van der Waals surface area contributed by atoms with Crippen LogP contribution in [0.15, 0.2) is 53.3 Å². The largest absolute Gasteiger partial charge is 0.337 e. The zero-order valence-electron chi connectivity index (χ0n) is 11.0. The van der Waals surface area contributed by atoms with Crippen molar-refractivity contribution in [2.75, 3.05) is 0 Å². The number of benzene rings is 1. The van der Waals surface area contributed by atoms with Crippen LogP contribution in [-0.2, 0) is 0 Å². The summed E-state index contributed by atoms with van der Waals surface area (Å²) in [6.07, 6.45) is 3.47. The van der Waals surface area contributed by atoms with E-state index in [0.717, 1.165) is 16.7 Å². The van der Waals surface area contributed by atoms with Crippen LogP contribution in [0.3, 0.4) is 0 Å². The van der Waals surface area contributed by atoms with Crippen LogP contribution in [0.25, 0.3) is 11.4 Å². The summed E-state index contributed by atoms with van der Waals surface area (Å²) in [6.45, 7) is 1.95. The minimum absolute atomic E-state index is 0.405. The van der Waals surface area contributed by atoms with Crippen molar-refractivity contribution in [1.82, 2.24) is 15.1 Å². The predicted octanol–water partition coefficient (Wildman–Crippen LogP) is 2.49. The molecule has 0 aliphatic rings. The van der Waals surface area contributed by atoms with Gasteiger partial charge in [0.15, 0.2) is 0 Å². The van der Waals surface area contributed by atoms with E-state index < -0.39 is 6.04 Å². The van der Waals surface area contributed by atoms with E-state index in [-0.39, 0.29) is 0 Å². The van der Waals surface area contributed by atoms with Gasteiger partial charge in [-0.3, -0.25) is 4.98 Å². The number of hydrogen-bond donors (Lipinski definition) is 1. The monoisotopic (exact) mass is 266 g/mol. The molecule has 5 nitrogen and oxygen atoms in total. The second kappa shape index (κ2) is 5.22. The lowest BCUT2D eigenvalue weighted by Crippen LogP contribution is -2.11. The highest BCUT2D eigenvalue weighted by Crippen LogP contribution is 2.23. The van der Waals surface area contributed by atoms with Gasteiger partial charge >= 0.3 is 0 Å². The molecule has 5 heteroatoms. The quantitative estimate of drug-likeness (QED) is 0.788.